The van der Waals surface area contributed by atoms with Crippen LogP contribution in [0.15, 0.2) is 54.6 Å². The third-order valence-corrected chi connectivity index (χ3v) is 3.50. The average molecular weight is 325 g/mol. The second-order valence-corrected chi connectivity index (χ2v) is 5.46. The molecule has 0 spiro atoms. The lowest BCUT2D eigenvalue weighted by Crippen LogP contribution is -2.12. The molecule has 0 atom stereocenters. The van der Waals surface area contributed by atoms with Crippen molar-refractivity contribution in [2.24, 2.45) is 0 Å². The number of anilines is 1. The van der Waals surface area contributed by atoms with Gasteiger partial charge in [0.25, 0.3) is 0 Å². The zero-order chi connectivity index (χ0) is 17.4. The summed E-state index contributed by atoms with van der Waals surface area (Å²) in [7, 11) is 0. The fourth-order valence-corrected chi connectivity index (χ4v) is 2.28. The van der Waals surface area contributed by atoms with Crippen LogP contribution in [0.3, 0.4) is 0 Å². The first-order chi connectivity index (χ1) is 11.5. The molecule has 0 saturated heterocycles. The highest BCUT2D eigenvalue weighted by Gasteiger charge is 2.08. The lowest BCUT2D eigenvalue weighted by atomic mass is 10.1. The predicted octanol–water partition coefficient (Wildman–Crippen LogP) is 3.31. The largest absolute Gasteiger partial charge is 0.481 e. The third kappa shape index (κ3) is 5.68. The fraction of sp³-hybridized carbons (Fsp3) is 0.211. The van der Waals surface area contributed by atoms with E-state index < -0.39 is 5.97 Å². The van der Waals surface area contributed by atoms with Crippen molar-refractivity contribution in [1.82, 2.24) is 0 Å². The molecule has 0 saturated carbocycles. The molecule has 0 aliphatic heterocycles. The first-order valence-corrected chi connectivity index (χ1v) is 7.73. The second kappa shape index (κ2) is 8.62. The molecule has 2 aromatic rings. The first kappa shape index (κ1) is 17.4. The third-order valence-electron chi connectivity index (χ3n) is 3.50. The molecule has 2 aromatic carbocycles. The summed E-state index contributed by atoms with van der Waals surface area (Å²) < 4.78 is 0. The van der Waals surface area contributed by atoms with Crippen molar-refractivity contribution < 1.29 is 19.5 Å². The molecule has 0 unspecified atom stereocenters. The highest BCUT2D eigenvalue weighted by Crippen LogP contribution is 2.12. The zero-order valence-corrected chi connectivity index (χ0v) is 13.2. The Morgan fingerprint density at radius 2 is 1.54 bits per heavy atom. The van der Waals surface area contributed by atoms with E-state index in [0.29, 0.717) is 29.7 Å². The van der Waals surface area contributed by atoms with E-state index in [4.69, 9.17) is 5.11 Å². The fourth-order valence-electron chi connectivity index (χ4n) is 2.28. The molecule has 24 heavy (non-hydrogen) atoms. The van der Waals surface area contributed by atoms with Crippen molar-refractivity contribution in [2.45, 2.75) is 25.7 Å². The van der Waals surface area contributed by atoms with Crippen molar-refractivity contribution in [3.8, 4) is 0 Å². The molecule has 5 heteroatoms. The summed E-state index contributed by atoms with van der Waals surface area (Å²) in [4.78, 5) is 34.4. The average Bonchev–Trinajstić information content (AvgIpc) is 2.57. The molecule has 0 bridgehead atoms. The molecule has 1 amide bonds. The quantitative estimate of drug-likeness (QED) is 0.729. The molecular weight excluding hydrogens is 306 g/mol. The number of hydrogen-bond donors (Lipinski definition) is 2. The van der Waals surface area contributed by atoms with E-state index in [1.807, 2.05) is 18.2 Å². The molecule has 0 aliphatic carbocycles. The Morgan fingerprint density at radius 3 is 2.17 bits per heavy atom. The summed E-state index contributed by atoms with van der Waals surface area (Å²) in [6.07, 6.45) is 1.02. The number of nitrogens with one attached hydrogen (secondary N) is 1. The highest BCUT2D eigenvalue weighted by atomic mass is 16.4. The molecule has 124 valence electrons. The molecular formula is C19H19NO4. The lowest BCUT2D eigenvalue weighted by molar-refractivity contribution is -0.136. The van der Waals surface area contributed by atoms with E-state index >= 15 is 0 Å². The molecule has 0 radical (unpaired) electrons. The Balaban J connectivity index is 1.75. The monoisotopic (exact) mass is 325 g/mol. The van der Waals surface area contributed by atoms with Crippen molar-refractivity contribution in [3.63, 3.8) is 0 Å². The van der Waals surface area contributed by atoms with E-state index in [2.05, 4.69) is 5.32 Å². The normalized spacial score (nSPS) is 10.2. The number of amides is 1. The summed E-state index contributed by atoms with van der Waals surface area (Å²) in [5, 5.41) is 11.4. The maximum atomic E-state index is 11.9. The van der Waals surface area contributed by atoms with E-state index in [9.17, 15) is 14.4 Å². The number of hydrogen-bond acceptors (Lipinski definition) is 3. The minimum absolute atomic E-state index is 0.0291. The number of carbonyl (C=O) groups is 3. The zero-order valence-electron chi connectivity index (χ0n) is 13.2. The van der Waals surface area contributed by atoms with Crippen LogP contribution in [0.25, 0.3) is 0 Å². The van der Waals surface area contributed by atoms with Crippen molar-refractivity contribution in [2.75, 3.05) is 5.32 Å². The molecule has 0 aliphatic rings. The Hall–Kier alpha value is -2.95. The Morgan fingerprint density at radius 1 is 0.875 bits per heavy atom. The number of rotatable bonds is 8. The van der Waals surface area contributed by atoms with Gasteiger partial charge in [-0.2, -0.15) is 0 Å². The predicted molar refractivity (Wildman–Crippen MR) is 91.0 cm³/mol. The van der Waals surface area contributed by atoms with Crippen LogP contribution in [0, 0.1) is 0 Å². The van der Waals surface area contributed by atoms with Gasteiger partial charge in [-0.05, 0) is 24.1 Å². The summed E-state index contributed by atoms with van der Waals surface area (Å²) in [5.41, 5.74) is 1.95. The van der Waals surface area contributed by atoms with Gasteiger partial charge in [0.05, 0.1) is 6.42 Å². The van der Waals surface area contributed by atoms with Crippen LogP contribution in [0.1, 0.15) is 35.2 Å². The first-order valence-electron chi connectivity index (χ1n) is 7.73. The number of aliphatic carboxylic acids is 1. The van der Waals surface area contributed by atoms with Crippen LogP contribution in [0.2, 0.25) is 0 Å². The summed E-state index contributed by atoms with van der Waals surface area (Å²) in [5.74, 6) is -1.03. The van der Waals surface area contributed by atoms with Gasteiger partial charge in [-0.1, -0.05) is 42.5 Å². The number of benzene rings is 2. The van der Waals surface area contributed by atoms with Gasteiger partial charge < -0.3 is 10.4 Å². The standard InChI is InChI=1S/C19H19NO4/c21-17(15-5-2-1-3-6-15)7-4-8-18(22)20-16-11-9-14(10-12-16)13-19(23)24/h1-3,5-6,9-12H,4,7-8,13H2,(H,20,22)(H,23,24). The Bertz CT molecular complexity index is 708. The second-order valence-electron chi connectivity index (χ2n) is 5.46. The number of carboxylic acid groups (broad SMARTS) is 1. The molecule has 0 aromatic heterocycles. The molecule has 5 nitrogen and oxygen atoms in total. The van der Waals surface area contributed by atoms with E-state index in [1.165, 1.54) is 0 Å². The summed E-state index contributed by atoms with van der Waals surface area (Å²) in [6, 6.07) is 15.7. The lowest BCUT2D eigenvalue weighted by Gasteiger charge is -2.06. The van der Waals surface area contributed by atoms with Crippen LogP contribution >= 0.6 is 0 Å². The van der Waals surface area contributed by atoms with Gasteiger partial charge in [0.1, 0.15) is 0 Å². The highest BCUT2D eigenvalue weighted by molar-refractivity contribution is 5.96. The van der Waals surface area contributed by atoms with Crippen LogP contribution in [0.4, 0.5) is 5.69 Å². The van der Waals surface area contributed by atoms with Crippen LogP contribution in [0.5, 0.6) is 0 Å². The van der Waals surface area contributed by atoms with Crippen LogP contribution < -0.4 is 5.32 Å². The molecule has 2 N–H and O–H groups in total. The van der Waals surface area contributed by atoms with Gasteiger partial charge in [-0.25, -0.2) is 0 Å². The number of carbonyl (C=O) groups excluding carboxylic acids is 2. The van der Waals surface area contributed by atoms with Gasteiger partial charge in [-0.3, -0.25) is 14.4 Å². The van der Waals surface area contributed by atoms with E-state index in [-0.39, 0.29) is 24.5 Å². The van der Waals surface area contributed by atoms with Crippen LogP contribution in [-0.4, -0.2) is 22.8 Å². The smallest absolute Gasteiger partial charge is 0.307 e. The maximum Gasteiger partial charge on any atom is 0.307 e. The van der Waals surface area contributed by atoms with Gasteiger partial charge >= 0.3 is 5.97 Å². The minimum atomic E-state index is -0.894. The number of Topliss-reactive ketones (excluding diaryl/α,β-unsaturated/α-hetero) is 1. The Kier molecular flexibility index (Phi) is 6.25. The van der Waals surface area contributed by atoms with E-state index in [1.54, 1.807) is 36.4 Å². The van der Waals surface area contributed by atoms with Gasteiger partial charge in [0.2, 0.25) is 5.91 Å². The van der Waals surface area contributed by atoms with Crippen molar-refractivity contribution in [1.29, 1.82) is 0 Å². The van der Waals surface area contributed by atoms with Crippen molar-refractivity contribution in [3.05, 3.63) is 65.7 Å². The SMILES string of the molecule is O=C(O)Cc1ccc(NC(=O)CCCC(=O)c2ccccc2)cc1. The summed E-state index contributed by atoms with van der Waals surface area (Å²) >= 11 is 0. The summed E-state index contributed by atoms with van der Waals surface area (Å²) in [6.45, 7) is 0. The van der Waals surface area contributed by atoms with Gasteiger partial charge in [0.15, 0.2) is 5.78 Å². The van der Waals surface area contributed by atoms with Crippen molar-refractivity contribution >= 4 is 23.3 Å². The number of ketones is 1. The topological polar surface area (TPSA) is 83.5 Å². The maximum absolute atomic E-state index is 11.9. The van der Waals surface area contributed by atoms with E-state index in [0.717, 1.165) is 0 Å². The van der Waals surface area contributed by atoms with Gasteiger partial charge in [-0.15, -0.1) is 0 Å². The molecule has 0 heterocycles. The molecule has 0 fully saturated rings. The minimum Gasteiger partial charge on any atom is -0.481 e. The Labute approximate surface area is 140 Å². The molecule has 2 rings (SSSR count). The number of carboxylic acids is 1. The van der Waals surface area contributed by atoms with Gasteiger partial charge in [0, 0.05) is 24.1 Å². The van der Waals surface area contributed by atoms with Crippen LogP contribution in [-0.2, 0) is 16.0 Å².